The number of hydrogen-bond donors (Lipinski definition) is 2. The summed E-state index contributed by atoms with van der Waals surface area (Å²) in [5, 5.41) is 13.5. The lowest BCUT2D eigenvalue weighted by Crippen LogP contribution is -2.35. The zero-order valence-electron chi connectivity index (χ0n) is 13.1. The molecule has 0 fully saturated rings. The Morgan fingerprint density at radius 2 is 1.95 bits per heavy atom. The number of nitrogens with zero attached hydrogens (tertiary/aromatic N) is 1. The Hall–Kier alpha value is -0.320. The maximum absolute atomic E-state index is 8.99. The molecule has 5 heteroatoms. The van der Waals surface area contributed by atoms with E-state index < -0.39 is 0 Å². The second-order valence-corrected chi connectivity index (χ2v) is 6.27. The average Bonchev–Trinajstić information content (AvgIpc) is 2.46. The first-order chi connectivity index (χ1) is 10.0. The van der Waals surface area contributed by atoms with Gasteiger partial charge >= 0.3 is 0 Å². The number of nitrogens with one attached hydrogen (secondary N) is 1. The summed E-state index contributed by atoms with van der Waals surface area (Å²) < 4.78 is 0. The van der Waals surface area contributed by atoms with Crippen LogP contribution in [0.3, 0.4) is 0 Å². The van der Waals surface area contributed by atoms with Crippen LogP contribution in [0.15, 0.2) is 18.2 Å². The Balaban J connectivity index is 2.71. The minimum absolute atomic E-state index is 0.173. The summed E-state index contributed by atoms with van der Waals surface area (Å²) in [6.45, 7) is 6.45. The van der Waals surface area contributed by atoms with Crippen LogP contribution in [0.4, 0.5) is 0 Å². The van der Waals surface area contributed by atoms with Crippen molar-refractivity contribution in [2.45, 2.75) is 38.8 Å². The largest absolute Gasteiger partial charge is 0.396 e. The molecule has 2 N–H and O–H groups in total. The van der Waals surface area contributed by atoms with Gasteiger partial charge in [0.1, 0.15) is 0 Å². The van der Waals surface area contributed by atoms with E-state index in [0.717, 1.165) is 31.5 Å². The van der Waals surface area contributed by atoms with Crippen LogP contribution in [0, 0.1) is 0 Å². The van der Waals surface area contributed by atoms with E-state index in [-0.39, 0.29) is 12.6 Å². The molecule has 0 aromatic heterocycles. The maximum atomic E-state index is 8.99. The third-order valence-corrected chi connectivity index (χ3v) is 4.58. The summed E-state index contributed by atoms with van der Waals surface area (Å²) >= 11 is 12.4. The molecule has 0 aliphatic heterocycles. The molecule has 120 valence electrons. The summed E-state index contributed by atoms with van der Waals surface area (Å²) in [7, 11) is 1.94. The molecule has 21 heavy (non-hydrogen) atoms. The van der Waals surface area contributed by atoms with Gasteiger partial charge in [0.25, 0.3) is 0 Å². The fraction of sp³-hybridized carbons (Fsp3) is 0.625. The standard InChI is InChI=1S/C16H26Cl2N2O/c1-12(2)20(9-5-11-21)10-8-15(19-3)13-6-4-7-14(17)16(13)18/h4,6-7,12,15,19,21H,5,8-11H2,1-3H3. The van der Waals surface area contributed by atoms with Gasteiger partial charge in [-0.15, -0.1) is 0 Å². The highest BCUT2D eigenvalue weighted by atomic mass is 35.5. The smallest absolute Gasteiger partial charge is 0.0640 e. The Kier molecular flexibility index (Phi) is 8.60. The normalized spacial score (nSPS) is 13.1. The number of aliphatic hydroxyl groups excluding tert-OH is 1. The molecule has 0 saturated heterocycles. The summed E-state index contributed by atoms with van der Waals surface area (Å²) in [4.78, 5) is 2.37. The van der Waals surface area contributed by atoms with E-state index in [9.17, 15) is 0 Å². The third kappa shape index (κ3) is 5.76. The summed E-state index contributed by atoms with van der Waals surface area (Å²) in [5.41, 5.74) is 1.04. The summed E-state index contributed by atoms with van der Waals surface area (Å²) in [5.74, 6) is 0. The van der Waals surface area contributed by atoms with E-state index in [4.69, 9.17) is 28.3 Å². The van der Waals surface area contributed by atoms with Gasteiger partial charge in [0.2, 0.25) is 0 Å². The van der Waals surface area contributed by atoms with Gasteiger partial charge in [0.15, 0.2) is 0 Å². The lowest BCUT2D eigenvalue weighted by Gasteiger charge is -2.28. The predicted molar refractivity (Wildman–Crippen MR) is 91.3 cm³/mol. The Morgan fingerprint density at radius 1 is 1.24 bits per heavy atom. The highest BCUT2D eigenvalue weighted by Gasteiger charge is 2.17. The van der Waals surface area contributed by atoms with Crippen molar-refractivity contribution in [3.05, 3.63) is 33.8 Å². The number of benzene rings is 1. The maximum Gasteiger partial charge on any atom is 0.0640 e. The second kappa shape index (κ2) is 9.65. The van der Waals surface area contributed by atoms with Gasteiger partial charge in [0.05, 0.1) is 10.0 Å². The fourth-order valence-corrected chi connectivity index (χ4v) is 2.88. The quantitative estimate of drug-likeness (QED) is 0.723. The fourth-order valence-electron chi connectivity index (χ4n) is 2.44. The van der Waals surface area contributed by atoms with E-state index >= 15 is 0 Å². The zero-order valence-corrected chi connectivity index (χ0v) is 14.6. The number of hydrogen-bond acceptors (Lipinski definition) is 3. The molecule has 1 unspecified atom stereocenters. The van der Waals surface area contributed by atoms with Crippen LogP contribution in [0.1, 0.15) is 38.3 Å². The van der Waals surface area contributed by atoms with Crippen LogP contribution in [0.2, 0.25) is 10.0 Å². The van der Waals surface area contributed by atoms with E-state index in [1.165, 1.54) is 0 Å². The molecule has 1 rings (SSSR count). The molecular weight excluding hydrogens is 307 g/mol. The van der Waals surface area contributed by atoms with Crippen molar-refractivity contribution in [2.24, 2.45) is 0 Å². The molecule has 1 atom stereocenters. The van der Waals surface area contributed by atoms with E-state index in [2.05, 4.69) is 24.1 Å². The first-order valence-electron chi connectivity index (χ1n) is 7.47. The SMILES string of the molecule is CNC(CCN(CCCO)C(C)C)c1cccc(Cl)c1Cl. The lowest BCUT2D eigenvalue weighted by molar-refractivity contribution is 0.184. The van der Waals surface area contributed by atoms with Crippen molar-refractivity contribution in [1.29, 1.82) is 0 Å². The molecule has 0 aliphatic carbocycles. The van der Waals surface area contributed by atoms with Gasteiger partial charge in [-0.25, -0.2) is 0 Å². The van der Waals surface area contributed by atoms with Crippen LogP contribution < -0.4 is 5.32 Å². The van der Waals surface area contributed by atoms with Gasteiger partial charge in [-0.2, -0.15) is 0 Å². The zero-order chi connectivity index (χ0) is 15.8. The highest BCUT2D eigenvalue weighted by molar-refractivity contribution is 6.42. The Bertz CT molecular complexity index is 427. The van der Waals surface area contributed by atoms with Crippen LogP contribution >= 0.6 is 23.2 Å². The van der Waals surface area contributed by atoms with Crippen molar-refractivity contribution < 1.29 is 5.11 Å². The first-order valence-corrected chi connectivity index (χ1v) is 8.23. The van der Waals surface area contributed by atoms with Gasteiger partial charge < -0.3 is 15.3 Å². The van der Waals surface area contributed by atoms with Crippen LogP contribution in [-0.4, -0.2) is 42.8 Å². The van der Waals surface area contributed by atoms with Gasteiger partial charge in [-0.05, 0) is 45.4 Å². The number of rotatable bonds is 9. The molecule has 3 nitrogen and oxygen atoms in total. The minimum Gasteiger partial charge on any atom is -0.396 e. The molecule has 0 bridgehead atoms. The van der Waals surface area contributed by atoms with E-state index in [1.54, 1.807) is 0 Å². The monoisotopic (exact) mass is 332 g/mol. The van der Waals surface area contributed by atoms with Crippen molar-refractivity contribution >= 4 is 23.2 Å². The third-order valence-electron chi connectivity index (χ3n) is 3.74. The average molecular weight is 333 g/mol. The van der Waals surface area contributed by atoms with E-state index in [0.29, 0.717) is 16.1 Å². The molecule has 0 spiro atoms. The van der Waals surface area contributed by atoms with Gasteiger partial charge in [0, 0.05) is 31.8 Å². The van der Waals surface area contributed by atoms with Crippen LogP contribution in [0.25, 0.3) is 0 Å². The molecule has 0 amide bonds. The van der Waals surface area contributed by atoms with Crippen molar-refractivity contribution in [3.63, 3.8) is 0 Å². The first kappa shape index (κ1) is 18.7. The molecule has 0 heterocycles. The highest BCUT2D eigenvalue weighted by Crippen LogP contribution is 2.31. The minimum atomic E-state index is 0.173. The van der Waals surface area contributed by atoms with Crippen molar-refractivity contribution in [3.8, 4) is 0 Å². The molecule has 1 aromatic rings. The Labute approximate surface area is 138 Å². The summed E-state index contributed by atoms with van der Waals surface area (Å²) in [6, 6.07) is 6.39. The summed E-state index contributed by atoms with van der Waals surface area (Å²) in [6.07, 6.45) is 1.75. The second-order valence-electron chi connectivity index (χ2n) is 5.48. The van der Waals surface area contributed by atoms with Crippen LogP contribution in [-0.2, 0) is 0 Å². The van der Waals surface area contributed by atoms with Crippen LogP contribution in [0.5, 0.6) is 0 Å². The molecular formula is C16H26Cl2N2O. The molecule has 0 saturated carbocycles. The molecule has 0 aliphatic rings. The molecule has 0 radical (unpaired) electrons. The number of aliphatic hydroxyl groups is 1. The van der Waals surface area contributed by atoms with E-state index in [1.807, 2.05) is 25.2 Å². The molecule has 1 aromatic carbocycles. The van der Waals surface area contributed by atoms with Gasteiger partial charge in [-0.3, -0.25) is 0 Å². The lowest BCUT2D eigenvalue weighted by atomic mass is 10.0. The van der Waals surface area contributed by atoms with Crippen molar-refractivity contribution in [2.75, 3.05) is 26.7 Å². The number of halogens is 2. The van der Waals surface area contributed by atoms with Gasteiger partial charge in [-0.1, -0.05) is 35.3 Å². The Morgan fingerprint density at radius 3 is 2.52 bits per heavy atom. The topological polar surface area (TPSA) is 35.5 Å². The predicted octanol–water partition coefficient (Wildman–Crippen LogP) is 3.74. The van der Waals surface area contributed by atoms with Crippen molar-refractivity contribution in [1.82, 2.24) is 10.2 Å².